The lowest BCUT2D eigenvalue weighted by atomic mass is 10.8. The fourth-order valence-electron chi connectivity index (χ4n) is 0.884. The second kappa shape index (κ2) is 3.88. The van der Waals surface area contributed by atoms with E-state index in [9.17, 15) is 8.42 Å². The van der Waals surface area contributed by atoms with E-state index in [1.165, 1.54) is 22.2 Å². The van der Waals surface area contributed by atoms with Crippen molar-refractivity contribution in [2.24, 2.45) is 7.05 Å². The van der Waals surface area contributed by atoms with Gasteiger partial charge in [0.15, 0.2) is 0 Å². The molecular formula is C7H12ClN3O2S. The average Bonchev–Trinajstić information content (AvgIpc) is 2.46. The maximum atomic E-state index is 11.8. The van der Waals surface area contributed by atoms with E-state index < -0.39 is 10.0 Å². The van der Waals surface area contributed by atoms with Crippen LogP contribution in [0.25, 0.3) is 0 Å². The third-order valence-electron chi connectivity index (χ3n) is 1.93. The minimum atomic E-state index is -3.53. The van der Waals surface area contributed by atoms with Crippen molar-refractivity contribution in [2.75, 3.05) is 13.6 Å². The second-order valence-electron chi connectivity index (χ2n) is 2.87. The molecule has 0 bridgehead atoms. The molecule has 0 atom stereocenters. The van der Waals surface area contributed by atoms with Gasteiger partial charge in [0.2, 0.25) is 5.03 Å². The molecule has 0 fully saturated rings. The highest BCUT2D eigenvalue weighted by molar-refractivity contribution is 7.89. The summed E-state index contributed by atoms with van der Waals surface area (Å²) in [4.78, 5) is 3.76. The number of nitrogens with zero attached hydrogens (tertiary/aromatic N) is 3. The molecule has 1 rings (SSSR count). The molecule has 0 aliphatic heterocycles. The molecule has 0 radical (unpaired) electrons. The lowest BCUT2D eigenvalue weighted by Gasteiger charge is -2.12. The quantitative estimate of drug-likeness (QED) is 0.778. The van der Waals surface area contributed by atoms with Crippen molar-refractivity contribution in [1.29, 1.82) is 0 Å². The van der Waals surface area contributed by atoms with Gasteiger partial charge in [-0.15, -0.1) is 0 Å². The van der Waals surface area contributed by atoms with Gasteiger partial charge in [-0.2, -0.15) is 4.31 Å². The Morgan fingerprint density at radius 2 is 2.21 bits per heavy atom. The summed E-state index contributed by atoms with van der Waals surface area (Å²) in [5, 5.41) is 0.0383. The predicted molar refractivity (Wildman–Crippen MR) is 53.7 cm³/mol. The lowest BCUT2D eigenvalue weighted by molar-refractivity contribution is 0.483. The zero-order chi connectivity index (χ0) is 10.9. The number of sulfonamides is 1. The Balaban J connectivity index is 3.24. The van der Waals surface area contributed by atoms with E-state index in [-0.39, 0.29) is 10.2 Å². The number of aromatic nitrogens is 2. The van der Waals surface area contributed by atoms with E-state index in [1.807, 2.05) is 0 Å². The summed E-state index contributed by atoms with van der Waals surface area (Å²) < 4.78 is 26.2. The molecule has 7 heteroatoms. The highest BCUT2D eigenvalue weighted by atomic mass is 35.5. The second-order valence-corrected chi connectivity index (χ2v) is 5.19. The normalized spacial score (nSPS) is 12.4. The van der Waals surface area contributed by atoms with Crippen LogP contribution in [-0.4, -0.2) is 35.9 Å². The summed E-state index contributed by atoms with van der Waals surface area (Å²) in [7, 11) is -0.404. The molecule has 0 aliphatic carbocycles. The third kappa shape index (κ3) is 1.77. The van der Waals surface area contributed by atoms with Crippen LogP contribution in [0.15, 0.2) is 11.4 Å². The maximum absolute atomic E-state index is 11.8. The van der Waals surface area contributed by atoms with E-state index in [4.69, 9.17) is 11.6 Å². The minimum Gasteiger partial charge on any atom is -0.324 e. The molecule has 0 amide bonds. The predicted octanol–water partition coefficient (Wildman–Crippen LogP) is 0.714. The first-order chi connectivity index (χ1) is 6.41. The molecule has 0 spiro atoms. The van der Waals surface area contributed by atoms with Crippen molar-refractivity contribution in [2.45, 2.75) is 11.9 Å². The zero-order valence-electron chi connectivity index (χ0n) is 8.23. The van der Waals surface area contributed by atoms with Gasteiger partial charge in [-0.3, -0.25) is 0 Å². The van der Waals surface area contributed by atoms with Crippen LogP contribution in [0, 0.1) is 0 Å². The van der Waals surface area contributed by atoms with Gasteiger partial charge in [0.25, 0.3) is 10.0 Å². The molecule has 1 aromatic heterocycles. The molecule has 0 aromatic carbocycles. The summed E-state index contributed by atoms with van der Waals surface area (Å²) in [6.45, 7) is 2.13. The van der Waals surface area contributed by atoms with Crippen LogP contribution in [0.3, 0.4) is 0 Å². The highest BCUT2D eigenvalue weighted by Gasteiger charge is 2.25. The van der Waals surface area contributed by atoms with E-state index in [0.29, 0.717) is 6.54 Å². The summed E-state index contributed by atoms with van der Waals surface area (Å²) in [6.07, 6.45) is 1.37. The third-order valence-corrected chi connectivity index (χ3v) is 4.36. The standard InChI is InChI=1S/C7H12ClN3O2S/c1-4-11(3)14(12,13)7-6(8)10(2)5-9-7/h5H,4H2,1-3H3. The summed E-state index contributed by atoms with van der Waals surface area (Å²) in [6, 6.07) is 0. The number of rotatable bonds is 3. The van der Waals surface area contributed by atoms with Gasteiger partial charge in [0, 0.05) is 20.6 Å². The number of halogens is 1. The largest absolute Gasteiger partial charge is 0.324 e. The zero-order valence-corrected chi connectivity index (χ0v) is 9.80. The van der Waals surface area contributed by atoms with Crippen LogP contribution in [0.5, 0.6) is 0 Å². The first-order valence-electron chi connectivity index (χ1n) is 4.04. The van der Waals surface area contributed by atoms with Gasteiger partial charge in [-0.25, -0.2) is 13.4 Å². The lowest BCUT2D eigenvalue weighted by Crippen LogP contribution is -2.27. The van der Waals surface area contributed by atoms with Gasteiger partial charge < -0.3 is 4.57 Å². The molecule has 0 unspecified atom stereocenters. The monoisotopic (exact) mass is 237 g/mol. The summed E-state index contributed by atoms with van der Waals surface area (Å²) in [5.74, 6) is 0. The fraction of sp³-hybridized carbons (Fsp3) is 0.571. The van der Waals surface area contributed by atoms with E-state index in [2.05, 4.69) is 4.98 Å². The van der Waals surface area contributed by atoms with Gasteiger partial charge in [0.1, 0.15) is 5.15 Å². The van der Waals surface area contributed by atoms with Crippen LogP contribution in [0.1, 0.15) is 6.92 Å². The molecule has 1 aromatic rings. The van der Waals surface area contributed by atoms with Crippen molar-refractivity contribution >= 4 is 21.6 Å². The van der Waals surface area contributed by atoms with Crippen molar-refractivity contribution < 1.29 is 8.42 Å². The Kier molecular flexibility index (Phi) is 3.18. The van der Waals surface area contributed by atoms with Crippen molar-refractivity contribution in [1.82, 2.24) is 13.9 Å². The Bertz CT molecular complexity index is 426. The van der Waals surface area contributed by atoms with E-state index >= 15 is 0 Å². The van der Waals surface area contributed by atoms with Crippen LogP contribution in [-0.2, 0) is 17.1 Å². The van der Waals surface area contributed by atoms with Crippen LogP contribution >= 0.6 is 11.6 Å². The van der Waals surface area contributed by atoms with Gasteiger partial charge in [0.05, 0.1) is 6.33 Å². The molecule has 0 aliphatic rings. The molecule has 5 nitrogen and oxygen atoms in total. The molecule has 14 heavy (non-hydrogen) atoms. The fourth-order valence-corrected chi connectivity index (χ4v) is 2.44. The molecule has 0 saturated heterocycles. The van der Waals surface area contributed by atoms with E-state index in [1.54, 1.807) is 14.0 Å². The number of hydrogen-bond donors (Lipinski definition) is 0. The van der Waals surface area contributed by atoms with Crippen molar-refractivity contribution in [3.8, 4) is 0 Å². The molecule has 0 saturated carbocycles. The summed E-state index contributed by atoms with van der Waals surface area (Å²) in [5.41, 5.74) is 0. The van der Waals surface area contributed by atoms with E-state index in [0.717, 1.165) is 0 Å². The Labute approximate surface area is 88.4 Å². The number of aryl methyl sites for hydroxylation is 1. The molecule has 0 N–H and O–H groups in total. The average molecular weight is 238 g/mol. The first kappa shape index (κ1) is 11.5. The Hall–Kier alpha value is -0.590. The van der Waals surface area contributed by atoms with Crippen molar-refractivity contribution in [3.63, 3.8) is 0 Å². The number of imidazole rings is 1. The van der Waals surface area contributed by atoms with Gasteiger partial charge in [-0.05, 0) is 0 Å². The molecule has 1 heterocycles. The summed E-state index contributed by atoms with van der Waals surface area (Å²) >= 11 is 5.79. The first-order valence-corrected chi connectivity index (χ1v) is 5.86. The van der Waals surface area contributed by atoms with Crippen molar-refractivity contribution in [3.05, 3.63) is 11.5 Å². The topological polar surface area (TPSA) is 55.2 Å². The Morgan fingerprint density at radius 1 is 1.64 bits per heavy atom. The minimum absolute atomic E-state index is 0.0917. The van der Waals surface area contributed by atoms with Gasteiger partial charge in [-0.1, -0.05) is 18.5 Å². The van der Waals surface area contributed by atoms with Gasteiger partial charge >= 0.3 is 0 Å². The maximum Gasteiger partial charge on any atom is 0.263 e. The Morgan fingerprint density at radius 3 is 2.57 bits per heavy atom. The molecule has 80 valence electrons. The highest BCUT2D eigenvalue weighted by Crippen LogP contribution is 2.21. The smallest absolute Gasteiger partial charge is 0.263 e. The molecular weight excluding hydrogens is 226 g/mol. The SMILES string of the molecule is CCN(C)S(=O)(=O)c1ncn(C)c1Cl. The van der Waals surface area contributed by atoms with Crippen LogP contribution < -0.4 is 0 Å². The number of hydrogen-bond acceptors (Lipinski definition) is 3. The van der Waals surface area contributed by atoms with Crippen LogP contribution in [0.2, 0.25) is 5.15 Å². The van der Waals surface area contributed by atoms with Crippen LogP contribution in [0.4, 0.5) is 0 Å².